The van der Waals surface area contributed by atoms with E-state index in [-0.39, 0.29) is 0 Å². The molecular weight excluding hydrogens is 373 g/mol. The zero-order valence-electron chi connectivity index (χ0n) is 8.99. The van der Waals surface area contributed by atoms with E-state index in [1.54, 1.807) is 0 Å². The Morgan fingerprint density at radius 2 is 0.450 bits per heavy atom. The predicted octanol–water partition coefficient (Wildman–Crippen LogP) is -2.65. The summed E-state index contributed by atoms with van der Waals surface area (Å²) in [5.74, 6) is -10.9. The van der Waals surface area contributed by atoms with Crippen LogP contribution in [0.5, 0.6) is 0 Å². The van der Waals surface area contributed by atoms with Gasteiger partial charge in [0.2, 0.25) is 0 Å². The molecule has 0 fully saturated rings. The average Bonchev–Trinajstić information content (AvgIpc) is 2.32. The molecule has 0 atom stereocenters. The zero-order valence-corrected chi connectivity index (χ0v) is 11.2. The van der Waals surface area contributed by atoms with Crippen molar-refractivity contribution in [2.24, 2.45) is 0 Å². The van der Waals surface area contributed by atoms with Gasteiger partial charge in [0.05, 0.1) is 0 Å². The first-order valence-corrected chi connectivity index (χ1v) is 4.40. The fourth-order valence-electron chi connectivity index (χ4n) is 0. The minimum atomic E-state index is -1.82. The molecule has 0 amide bonds. The Labute approximate surface area is 120 Å². The van der Waals surface area contributed by atoms with Gasteiger partial charge >= 0.3 is 60.1 Å². The van der Waals surface area contributed by atoms with Crippen molar-refractivity contribution < 1.29 is 83.7 Å². The summed E-state index contributed by atoms with van der Waals surface area (Å²) < 4.78 is 8.30. The van der Waals surface area contributed by atoms with E-state index in [0.29, 0.717) is 21.0 Å². The van der Waals surface area contributed by atoms with Crippen molar-refractivity contribution in [1.82, 2.24) is 0 Å². The number of carboxylic acids is 6. The van der Waals surface area contributed by atoms with Crippen molar-refractivity contribution in [3.63, 3.8) is 0 Å². The fraction of sp³-hybridized carbons (Fsp3) is 0. The summed E-state index contributed by atoms with van der Waals surface area (Å²) in [4.78, 5) is 54.6. The monoisotopic (exact) mass is 379 g/mol. The van der Waals surface area contributed by atoms with E-state index in [0.717, 1.165) is 0 Å². The first kappa shape index (κ1) is 26.0. The second kappa shape index (κ2) is 16.4. The summed E-state index contributed by atoms with van der Waals surface area (Å²) in [6.07, 6.45) is 0. The number of carbonyl (C=O) groups is 6. The van der Waals surface area contributed by atoms with Crippen molar-refractivity contribution >= 4 is 35.8 Å². The van der Waals surface area contributed by atoms with Crippen LogP contribution in [0.4, 0.5) is 0 Å². The van der Waals surface area contributed by atoms with Gasteiger partial charge in [0.1, 0.15) is 0 Å². The summed E-state index contributed by atoms with van der Waals surface area (Å²) in [6, 6.07) is 0. The van der Waals surface area contributed by atoms with Crippen LogP contribution in [0.2, 0.25) is 0 Å². The standard InChI is InChI=1S/3C2H2O4.Nb.O/c3*3-1(4)2(5)6;;/h3*(H,3,4)(H,5,6);;. The number of carboxylic acid groups (broad SMARTS) is 6. The summed E-state index contributed by atoms with van der Waals surface area (Å²) in [5.41, 5.74) is 0. The second-order valence-corrected chi connectivity index (χ2v) is 1.83. The fourth-order valence-corrected chi connectivity index (χ4v) is 0. The van der Waals surface area contributed by atoms with Crippen LogP contribution in [0.15, 0.2) is 0 Å². The molecule has 13 nitrogen and oxygen atoms in total. The molecule has 0 rings (SSSR count). The molecule has 113 valence electrons. The number of hydrogen-bond donors (Lipinski definition) is 6. The van der Waals surface area contributed by atoms with Crippen LogP contribution in [0.3, 0.4) is 0 Å². The molecule has 0 spiro atoms. The van der Waals surface area contributed by atoms with Crippen molar-refractivity contribution in [2.75, 3.05) is 0 Å². The molecule has 0 aromatic rings. The molecule has 0 heterocycles. The van der Waals surface area contributed by atoms with Crippen LogP contribution in [-0.4, -0.2) is 66.5 Å². The van der Waals surface area contributed by atoms with E-state index in [1.807, 2.05) is 0 Å². The van der Waals surface area contributed by atoms with Gasteiger partial charge in [0, 0.05) is 0 Å². The average molecular weight is 379 g/mol. The molecule has 6 N–H and O–H groups in total. The van der Waals surface area contributed by atoms with Crippen molar-refractivity contribution in [3.05, 3.63) is 0 Å². The number of aliphatic carboxylic acids is 6. The van der Waals surface area contributed by atoms with Gasteiger partial charge in [-0.15, -0.1) is 0 Å². The van der Waals surface area contributed by atoms with E-state index in [1.165, 1.54) is 0 Å². The Bertz CT molecular complexity index is 291. The second-order valence-electron chi connectivity index (χ2n) is 1.83. The quantitative estimate of drug-likeness (QED) is 0.186. The maximum atomic E-state index is 9.10. The summed E-state index contributed by atoms with van der Waals surface area (Å²) in [7, 11) is 0. The van der Waals surface area contributed by atoms with Crippen LogP contribution in [0, 0.1) is 0 Å². The van der Waals surface area contributed by atoms with Gasteiger partial charge in [-0.1, -0.05) is 0 Å². The summed E-state index contributed by atoms with van der Waals surface area (Å²) >= 11 is 0.500. The minimum absolute atomic E-state index is 0.500. The Morgan fingerprint density at radius 1 is 0.400 bits per heavy atom. The van der Waals surface area contributed by atoms with E-state index in [9.17, 15) is 0 Å². The number of rotatable bonds is 0. The summed E-state index contributed by atoms with van der Waals surface area (Å²) in [6.45, 7) is 0. The van der Waals surface area contributed by atoms with Crippen LogP contribution in [-0.2, 0) is 53.1 Å². The van der Waals surface area contributed by atoms with Gasteiger partial charge in [-0.05, 0) is 0 Å². The normalized spacial score (nSPS) is 6.75. The Kier molecular flexibility index (Phi) is 21.3. The maximum absolute atomic E-state index is 9.10. The van der Waals surface area contributed by atoms with Crippen molar-refractivity contribution in [2.45, 2.75) is 0 Å². The Balaban J connectivity index is -0.0000000902. The molecule has 0 saturated carbocycles. The van der Waals surface area contributed by atoms with Crippen molar-refractivity contribution in [3.8, 4) is 0 Å². The van der Waals surface area contributed by atoms with Gasteiger partial charge in [0.15, 0.2) is 0 Å². The topological polar surface area (TPSA) is 241 Å². The molecule has 0 unspecified atom stereocenters. The van der Waals surface area contributed by atoms with Crippen molar-refractivity contribution in [1.29, 1.82) is 0 Å². The SMILES string of the molecule is O=C(O)C(=O)O.O=C(O)C(=O)O.O=C(O)C(=O)O.[O]=[Nb]. The third kappa shape index (κ3) is 36.2. The van der Waals surface area contributed by atoms with Gasteiger partial charge in [-0.25, -0.2) is 28.8 Å². The summed E-state index contributed by atoms with van der Waals surface area (Å²) in [5, 5.41) is 44.3. The Hall–Kier alpha value is -2.64. The van der Waals surface area contributed by atoms with Gasteiger partial charge < -0.3 is 30.6 Å². The van der Waals surface area contributed by atoms with Crippen LogP contribution in [0.1, 0.15) is 0 Å². The van der Waals surface area contributed by atoms with E-state index < -0.39 is 35.8 Å². The molecule has 0 bridgehead atoms. The molecule has 14 heteroatoms. The van der Waals surface area contributed by atoms with E-state index in [4.69, 9.17) is 62.7 Å². The molecule has 0 aromatic carbocycles. The zero-order chi connectivity index (χ0) is 17.5. The van der Waals surface area contributed by atoms with Gasteiger partial charge in [-0.3, -0.25) is 0 Å². The van der Waals surface area contributed by atoms with Crippen LogP contribution < -0.4 is 0 Å². The first-order valence-electron chi connectivity index (χ1n) is 3.50. The third-order valence-corrected chi connectivity index (χ3v) is 0.549. The molecule has 0 aliphatic heterocycles. The molecule has 0 radical (unpaired) electrons. The number of hydrogen-bond acceptors (Lipinski definition) is 7. The van der Waals surface area contributed by atoms with E-state index >= 15 is 0 Å². The molecule has 0 aliphatic carbocycles. The molecule has 20 heavy (non-hydrogen) atoms. The van der Waals surface area contributed by atoms with Crippen LogP contribution in [0.25, 0.3) is 0 Å². The molecule has 0 aliphatic rings. The van der Waals surface area contributed by atoms with E-state index in [2.05, 4.69) is 0 Å². The molecule has 0 aromatic heterocycles. The van der Waals surface area contributed by atoms with Gasteiger partial charge in [-0.2, -0.15) is 0 Å². The van der Waals surface area contributed by atoms with Gasteiger partial charge in [0.25, 0.3) is 0 Å². The molecular formula is C6H6NbO13. The predicted molar refractivity (Wildman–Crippen MR) is 46.5 cm³/mol. The molecule has 0 saturated heterocycles. The Morgan fingerprint density at radius 3 is 0.450 bits per heavy atom. The van der Waals surface area contributed by atoms with Crippen LogP contribution >= 0.6 is 0 Å². The third-order valence-electron chi connectivity index (χ3n) is 0.549. The first-order chi connectivity index (χ1) is 8.93.